The van der Waals surface area contributed by atoms with Crippen LogP contribution in [0.1, 0.15) is 45.6 Å². The number of rotatable bonds is 6. The molecule has 0 aliphatic carbocycles. The molecule has 1 saturated heterocycles. The fraction of sp³-hybridized carbons (Fsp3) is 0.583. The molecule has 0 aromatic heterocycles. The third kappa shape index (κ3) is 3.94. The standard InChI is InChI=1S/C24H35NO4SSi/c1-19-7-9-21(10-8-19)30(26,27)25-15-13-24-12-11-23(29-24,17-20(24)18-25)14-16-28-31(5,6)22(2,3)4/h7-12,18H,13-17H2,1-6H3/t23-,24-/m0/s1. The van der Waals surface area contributed by atoms with Gasteiger partial charge >= 0.3 is 0 Å². The average molecular weight is 462 g/mol. The third-order valence-corrected chi connectivity index (χ3v) is 13.8. The molecule has 5 nitrogen and oxygen atoms in total. The first-order valence-corrected chi connectivity index (χ1v) is 15.5. The molecule has 0 saturated carbocycles. The van der Waals surface area contributed by atoms with Crippen LogP contribution in [-0.2, 0) is 19.2 Å². The number of hydrogen-bond acceptors (Lipinski definition) is 4. The zero-order valence-corrected chi connectivity index (χ0v) is 21.4. The maximum atomic E-state index is 13.2. The summed E-state index contributed by atoms with van der Waals surface area (Å²) in [6.07, 6.45) is 8.31. The highest BCUT2D eigenvalue weighted by Crippen LogP contribution is 2.54. The van der Waals surface area contributed by atoms with Crippen molar-refractivity contribution in [1.82, 2.24) is 4.31 Å². The first-order chi connectivity index (χ1) is 14.3. The molecule has 1 fully saturated rings. The monoisotopic (exact) mass is 461 g/mol. The van der Waals surface area contributed by atoms with Crippen LogP contribution < -0.4 is 0 Å². The van der Waals surface area contributed by atoms with E-state index in [0.717, 1.165) is 24.0 Å². The van der Waals surface area contributed by atoms with Crippen LogP contribution in [0.25, 0.3) is 0 Å². The number of sulfonamides is 1. The van der Waals surface area contributed by atoms with Gasteiger partial charge < -0.3 is 9.16 Å². The summed E-state index contributed by atoms with van der Waals surface area (Å²) in [7, 11) is -5.36. The molecule has 170 valence electrons. The Bertz CT molecular complexity index is 1020. The molecule has 3 heterocycles. The van der Waals surface area contributed by atoms with Gasteiger partial charge in [0.15, 0.2) is 8.32 Å². The Morgan fingerprint density at radius 2 is 1.84 bits per heavy atom. The second kappa shape index (κ2) is 7.30. The topological polar surface area (TPSA) is 55.8 Å². The zero-order chi connectivity index (χ0) is 22.7. The first kappa shape index (κ1) is 22.8. The molecule has 1 aromatic rings. The summed E-state index contributed by atoms with van der Waals surface area (Å²) in [5.74, 6) is 0. The number of ether oxygens (including phenoxy) is 1. The Kier molecular flexibility index (Phi) is 5.36. The Morgan fingerprint density at radius 3 is 2.48 bits per heavy atom. The van der Waals surface area contributed by atoms with Crippen molar-refractivity contribution < 1.29 is 17.6 Å². The van der Waals surface area contributed by atoms with E-state index >= 15 is 0 Å². The fourth-order valence-electron chi connectivity index (χ4n) is 4.37. The largest absolute Gasteiger partial charge is 0.417 e. The third-order valence-electron chi connectivity index (χ3n) is 7.50. The molecule has 31 heavy (non-hydrogen) atoms. The summed E-state index contributed by atoms with van der Waals surface area (Å²) in [6, 6.07) is 7.05. The van der Waals surface area contributed by atoms with E-state index in [2.05, 4.69) is 46.0 Å². The van der Waals surface area contributed by atoms with Crippen molar-refractivity contribution in [3.8, 4) is 0 Å². The van der Waals surface area contributed by atoms with Crippen LogP contribution in [0.3, 0.4) is 0 Å². The summed E-state index contributed by atoms with van der Waals surface area (Å²) in [6.45, 7) is 14.3. The lowest BCUT2D eigenvalue weighted by Crippen LogP contribution is -2.42. The minimum atomic E-state index is -3.55. The van der Waals surface area contributed by atoms with E-state index in [0.29, 0.717) is 24.5 Å². The summed E-state index contributed by atoms with van der Waals surface area (Å²) in [5, 5.41) is 0.176. The van der Waals surface area contributed by atoms with Gasteiger partial charge in [0.2, 0.25) is 0 Å². The fourth-order valence-corrected chi connectivity index (χ4v) is 6.77. The molecule has 2 bridgehead atoms. The van der Waals surface area contributed by atoms with Crippen LogP contribution in [0.2, 0.25) is 18.1 Å². The van der Waals surface area contributed by atoms with Gasteiger partial charge in [0, 0.05) is 38.6 Å². The maximum Gasteiger partial charge on any atom is 0.263 e. The lowest BCUT2D eigenvalue weighted by Gasteiger charge is -2.37. The minimum Gasteiger partial charge on any atom is -0.417 e. The quantitative estimate of drug-likeness (QED) is 0.434. The first-order valence-electron chi connectivity index (χ1n) is 11.1. The van der Waals surface area contributed by atoms with E-state index in [1.54, 1.807) is 12.1 Å². The molecule has 2 atom stereocenters. The summed E-state index contributed by atoms with van der Waals surface area (Å²) >= 11 is 0. The predicted octanol–water partition coefficient (Wildman–Crippen LogP) is 5.15. The molecular weight excluding hydrogens is 426 g/mol. The van der Waals surface area contributed by atoms with Crippen molar-refractivity contribution in [3.63, 3.8) is 0 Å². The Morgan fingerprint density at radius 1 is 1.16 bits per heavy atom. The second-order valence-corrected chi connectivity index (χ2v) is 17.5. The minimum absolute atomic E-state index is 0.176. The maximum absolute atomic E-state index is 13.2. The summed E-state index contributed by atoms with van der Waals surface area (Å²) in [5.41, 5.74) is 1.28. The van der Waals surface area contributed by atoms with Gasteiger partial charge in [0.05, 0.1) is 10.5 Å². The van der Waals surface area contributed by atoms with E-state index in [1.807, 2.05) is 25.3 Å². The molecule has 3 aliphatic heterocycles. The van der Waals surface area contributed by atoms with E-state index in [1.165, 1.54) is 4.31 Å². The number of nitrogens with zero attached hydrogens (tertiary/aromatic N) is 1. The molecule has 3 aliphatic rings. The molecule has 0 unspecified atom stereocenters. The Hall–Kier alpha value is -1.41. The number of benzene rings is 1. The van der Waals surface area contributed by atoms with Crippen molar-refractivity contribution in [3.05, 3.63) is 53.8 Å². The Balaban J connectivity index is 1.49. The smallest absolute Gasteiger partial charge is 0.263 e. The average Bonchev–Trinajstić information content (AvgIpc) is 3.19. The van der Waals surface area contributed by atoms with Crippen molar-refractivity contribution in [2.75, 3.05) is 13.2 Å². The van der Waals surface area contributed by atoms with Crippen molar-refractivity contribution in [1.29, 1.82) is 0 Å². The van der Waals surface area contributed by atoms with Crippen LogP contribution in [-0.4, -0.2) is 45.4 Å². The molecule has 1 spiro atoms. The molecule has 0 radical (unpaired) electrons. The van der Waals surface area contributed by atoms with Crippen LogP contribution in [0, 0.1) is 6.92 Å². The molecule has 0 N–H and O–H groups in total. The van der Waals surface area contributed by atoms with E-state index < -0.39 is 23.9 Å². The van der Waals surface area contributed by atoms with Gasteiger partial charge in [-0.05, 0) is 48.8 Å². The SMILES string of the molecule is Cc1ccc(S(=O)(=O)N2C=C3C[C@@]4(CCO[Si](C)(C)C(C)(C)C)C=C[C@@]3(CC2)O4)cc1. The van der Waals surface area contributed by atoms with E-state index in [-0.39, 0.29) is 10.6 Å². The van der Waals surface area contributed by atoms with E-state index in [9.17, 15) is 8.42 Å². The van der Waals surface area contributed by atoms with Gasteiger partial charge in [-0.3, -0.25) is 4.31 Å². The van der Waals surface area contributed by atoms with Gasteiger partial charge in [0.1, 0.15) is 5.60 Å². The molecule has 4 rings (SSSR count). The van der Waals surface area contributed by atoms with Gasteiger partial charge in [-0.1, -0.05) is 44.5 Å². The summed E-state index contributed by atoms with van der Waals surface area (Å²) < 4.78 is 40.8. The lowest BCUT2D eigenvalue weighted by atomic mass is 9.80. The Labute approximate surface area is 188 Å². The highest BCUT2D eigenvalue weighted by Gasteiger charge is 2.56. The number of aryl methyl sites for hydroxylation is 1. The number of fused-ring (bicyclic) bond motifs is 1. The van der Waals surface area contributed by atoms with E-state index in [4.69, 9.17) is 9.16 Å². The second-order valence-electron chi connectivity index (χ2n) is 10.8. The summed E-state index contributed by atoms with van der Waals surface area (Å²) in [4.78, 5) is 0.336. The van der Waals surface area contributed by atoms with Gasteiger partial charge in [-0.2, -0.15) is 0 Å². The van der Waals surface area contributed by atoms with Crippen LogP contribution in [0.15, 0.2) is 53.1 Å². The molecule has 7 heteroatoms. The molecular formula is C24H35NO4SSi. The normalized spacial score (nSPS) is 28.1. The molecule has 1 aromatic carbocycles. The van der Waals surface area contributed by atoms with Crippen LogP contribution in [0.4, 0.5) is 0 Å². The predicted molar refractivity (Wildman–Crippen MR) is 126 cm³/mol. The number of hydrogen-bond donors (Lipinski definition) is 0. The van der Waals surface area contributed by atoms with Gasteiger partial charge in [0.25, 0.3) is 10.0 Å². The van der Waals surface area contributed by atoms with Crippen molar-refractivity contribution in [2.24, 2.45) is 0 Å². The zero-order valence-electron chi connectivity index (χ0n) is 19.6. The van der Waals surface area contributed by atoms with Crippen LogP contribution in [0.5, 0.6) is 0 Å². The van der Waals surface area contributed by atoms with Gasteiger partial charge in [-0.15, -0.1) is 0 Å². The lowest BCUT2D eigenvalue weighted by molar-refractivity contribution is -0.0412. The van der Waals surface area contributed by atoms with Gasteiger partial charge in [-0.25, -0.2) is 8.42 Å². The highest BCUT2D eigenvalue weighted by molar-refractivity contribution is 7.89. The molecule has 0 amide bonds. The highest BCUT2D eigenvalue weighted by atomic mass is 32.2. The van der Waals surface area contributed by atoms with Crippen molar-refractivity contribution >= 4 is 18.3 Å². The van der Waals surface area contributed by atoms with Crippen LogP contribution >= 0.6 is 0 Å². The van der Waals surface area contributed by atoms with Crippen molar-refractivity contribution in [2.45, 2.75) is 81.2 Å².